The normalized spacial score (nSPS) is 15.0. The molecule has 162 valence electrons. The summed E-state index contributed by atoms with van der Waals surface area (Å²) in [5.41, 5.74) is 1.27. The average molecular weight is 423 g/mol. The molecule has 8 nitrogen and oxygen atoms in total. The zero-order chi connectivity index (χ0) is 21.8. The van der Waals surface area contributed by atoms with Gasteiger partial charge in [-0.25, -0.2) is 0 Å². The molecule has 3 aromatic rings. The Hall–Kier alpha value is -3.52. The molecule has 4 rings (SSSR count). The Morgan fingerprint density at radius 2 is 1.94 bits per heavy atom. The molecule has 1 amide bonds. The Kier molecular flexibility index (Phi) is 6.08. The molecule has 0 unspecified atom stereocenters. The largest absolute Gasteiger partial charge is 0.508 e. The number of carbonyl (C=O) groups is 1. The van der Waals surface area contributed by atoms with Crippen molar-refractivity contribution in [2.75, 3.05) is 20.1 Å². The van der Waals surface area contributed by atoms with E-state index in [-0.39, 0.29) is 52.8 Å². The Labute approximate surface area is 180 Å². The first-order chi connectivity index (χ1) is 15.0. The van der Waals surface area contributed by atoms with Crippen molar-refractivity contribution in [3.05, 3.63) is 59.8 Å². The zero-order valence-corrected chi connectivity index (χ0v) is 17.2. The Bertz CT molecular complexity index is 1040. The number of amides is 1. The maximum absolute atomic E-state index is 12.6. The second-order valence-electron chi connectivity index (χ2n) is 7.74. The molecule has 0 atom stereocenters. The number of aromatic hydroxyl groups is 2. The number of carbonyl (C=O) groups excluding carboxylic acids is 1. The molecule has 2 aromatic carbocycles. The lowest BCUT2D eigenvalue weighted by Gasteiger charge is -2.29. The molecule has 0 bridgehead atoms. The number of rotatable bonds is 6. The maximum atomic E-state index is 12.6. The van der Waals surface area contributed by atoms with Crippen LogP contribution in [0.25, 0.3) is 11.3 Å². The minimum absolute atomic E-state index is 0.0932. The Balaban J connectivity index is 1.52. The zero-order valence-electron chi connectivity index (χ0n) is 17.2. The standard InChI is InChI=1S/C23H25N3O5/c1-26-9-7-16(8-10-26)24-23(29)18-13-21(31-25-18)22-19(28)11-17(27)12-20(22)30-14-15-5-3-2-4-6-15/h2-6,11-13,16,27-28H,7-10,14H2,1H3,(H,24,29). The number of hydrogen-bond acceptors (Lipinski definition) is 7. The molecule has 2 heterocycles. The lowest BCUT2D eigenvalue weighted by Crippen LogP contribution is -2.43. The third-order valence-corrected chi connectivity index (χ3v) is 5.35. The number of aromatic nitrogens is 1. The van der Waals surface area contributed by atoms with Gasteiger partial charge in [0.15, 0.2) is 11.5 Å². The summed E-state index contributed by atoms with van der Waals surface area (Å²) in [6.07, 6.45) is 1.76. The lowest BCUT2D eigenvalue weighted by molar-refractivity contribution is 0.0908. The van der Waals surface area contributed by atoms with E-state index in [9.17, 15) is 15.0 Å². The van der Waals surface area contributed by atoms with E-state index in [1.165, 1.54) is 18.2 Å². The highest BCUT2D eigenvalue weighted by Gasteiger charge is 2.24. The van der Waals surface area contributed by atoms with Crippen molar-refractivity contribution in [2.24, 2.45) is 0 Å². The van der Waals surface area contributed by atoms with Crippen molar-refractivity contribution < 1.29 is 24.3 Å². The summed E-state index contributed by atoms with van der Waals surface area (Å²) in [7, 11) is 2.06. The number of phenolic OH excluding ortho intramolecular Hbond substituents is 2. The number of likely N-dealkylation sites (tertiary alicyclic amines) is 1. The first-order valence-electron chi connectivity index (χ1n) is 10.2. The number of piperidine rings is 1. The van der Waals surface area contributed by atoms with E-state index in [0.29, 0.717) is 0 Å². The first kappa shape index (κ1) is 20.7. The van der Waals surface area contributed by atoms with Crippen molar-refractivity contribution in [3.8, 4) is 28.6 Å². The average Bonchev–Trinajstić information content (AvgIpc) is 3.24. The molecule has 1 aromatic heterocycles. The molecule has 1 saturated heterocycles. The molecular weight excluding hydrogens is 398 g/mol. The van der Waals surface area contributed by atoms with Crippen LogP contribution in [0.2, 0.25) is 0 Å². The topological polar surface area (TPSA) is 108 Å². The predicted octanol–water partition coefficient (Wildman–Crippen LogP) is 3.16. The van der Waals surface area contributed by atoms with E-state index in [1.807, 2.05) is 30.3 Å². The predicted molar refractivity (Wildman–Crippen MR) is 114 cm³/mol. The van der Waals surface area contributed by atoms with Gasteiger partial charge in [-0.15, -0.1) is 0 Å². The van der Waals surface area contributed by atoms with Crippen LogP contribution < -0.4 is 10.1 Å². The van der Waals surface area contributed by atoms with Gasteiger partial charge in [0, 0.05) is 24.2 Å². The molecule has 31 heavy (non-hydrogen) atoms. The van der Waals surface area contributed by atoms with Gasteiger partial charge in [0.25, 0.3) is 5.91 Å². The fourth-order valence-corrected chi connectivity index (χ4v) is 3.60. The number of benzene rings is 2. The van der Waals surface area contributed by atoms with E-state index in [0.717, 1.165) is 31.5 Å². The Morgan fingerprint density at radius 3 is 2.68 bits per heavy atom. The van der Waals surface area contributed by atoms with Crippen LogP contribution in [0.1, 0.15) is 28.9 Å². The molecule has 8 heteroatoms. The van der Waals surface area contributed by atoms with Crippen molar-refractivity contribution in [2.45, 2.75) is 25.5 Å². The second kappa shape index (κ2) is 9.09. The molecule has 1 aliphatic heterocycles. The van der Waals surface area contributed by atoms with Gasteiger partial charge in [-0.05, 0) is 38.5 Å². The summed E-state index contributed by atoms with van der Waals surface area (Å²) < 4.78 is 11.2. The number of hydrogen-bond donors (Lipinski definition) is 3. The van der Waals surface area contributed by atoms with E-state index >= 15 is 0 Å². The maximum Gasteiger partial charge on any atom is 0.273 e. The SMILES string of the molecule is CN1CCC(NC(=O)c2cc(-c3c(O)cc(O)cc3OCc3ccccc3)on2)CC1. The van der Waals surface area contributed by atoms with Gasteiger partial charge >= 0.3 is 0 Å². The van der Waals surface area contributed by atoms with Crippen LogP contribution in [0.5, 0.6) is 17.2 Å². The van der Waals surface area contributed by atoms with Gasteiger partial charge in [0.05, 0.1) is 0 Å². The highest BCUT2D eigenvalue weighted by molar-refractivity contribution is 5.93. The summed E-state index contributed by atoms with van der Waals surface area (Å²) in [5.74, 6) is -0.311. The molecule has 0 spiro atoms. The molecule has 0 saturated carbocycles. The van der Waals surface area contributed by atoms with E-state index in [1.54, 1.807) is 0 Å². The van der Waals surface area contributed by atoms with Crippen molar-refractivity contribution in [1.82, 2.24) is 15.4 Å². The summed E-state index contributed by atoms with van der Waals surface area (Å²) in [6.45, 7) is 2.09. The van der Waals surface area contributed by atoms with E-state index in [2.05, 4.69) is 22.4 Å². The molecule has 1 aliphatic rings. The van der Waals surface area contributed by atoms with Crippen LogP contribution in [0.3, 0.4) is 0 Å². The third-order valence-electron chi connectivity index (χ3n) is 5.35. The van der Waals surface area contributed by atoms with Crippen LogP contribution in [0.4, 0.5) is 0 Å². The third kappa shape index (κ3) is 4.97. The number of nitrogens with zero attached hydrogens (tertiary/aromatic N) is 2. The highest BCUT2D eigenvalue weighted by Crippen LogP contribution is 2.41. The van der Waals surface area contributed by atoms with Crippen LogP contribution in [-0.2, 0) is 6.61 Å². The van der Waals surface area contributed by atoms with Crippen LogP contribution in [0, 0.1) is 0 Å². The van der Waals surface area contributed by atoms with Crippen LogP contribution >= 0.6 is 0 Å². The van der Waals surface area contributed by atoms with Crippen molar-refractivity contribution in [3.63, 3.8) is 0 Å². The van der Waals surface area contributed by atoms with Gasteiger partial charge < -0.3 is 29.7 Å². The quantitative estimate of drug-likeness (QED) is 0.559. The van der Waals surface area contributed by atoms with Gasteiger partial charge in [-0.2, -0.15) is 0 Å². The smallest absolute Gasteiger partial charge is 0.273 e. The van der Waals surface area contributed by atoms with Crippen LogP contribution in [-0.4, -0.2) is 52.4 Å². The molecule has 1 fully saturated rings. The van der Waals surface area contributed by atoms with Gasteiger partial charge in [0.1, 0.15) is 29.4 Å². The molecule has 0 aliphatic carbocycles. The van der Waals surface area contributed by atoms with Gasteiger partial charge in [0.2, 0.25) is 0 Å². The summed E-state index contributed by atoms with van der Waals surface area (Å²) in [5, 5.41) is 27.2. The highest BCUT2D eigenvalue weighted by atomic mass is 16.5. The number of phenols is 2. The van der Waals surface area contributed by atoms with E-state index < -0.39 is 0 Å². The number of nitrogens with one attached hydrogen (secondary N) is 1. The van der Waals surface area contributed by atoms with Gasteiger partial charge in [-0.3, -0.25) is 4.79 Å². The monoisotopic (exact) mass is 423 g/mol. The van der Waals surface area contributed by atoms with E-state index in [4.69, 9.17) is 9.26 Å². The lowest BCUT2D eigenvalue weighted by atomic mass is 10.1. The van der Waals surface area contributed by atoms with Crippen molar-refractivity contribution >= 4 is 5.91 Å². The minimum Gasteiger partial charge on any atom is -0.508 e. The molecule has 0 radical (unpaired) electrons. The molecular formula is C23H25N3O5. The summed E-state index contributed by atoms with van der Waals surface area (Å²) >= 11 is 0. The van der Waals surface area contributed by atoms with Gasteiger partial charge in [-0.1, -0.05) is 35.5 Å². The fourth-order valence-electron chi connectivity index (χ4n) is 3.60. The summed E-state index contributed by atoms with van der Waals surface area (Å²) in [4.78, 5) is 14.8. The molecule has 3 N–H and O–H groups in total. The minimum atomic E-state index is -0.324. The summed E-state index contributed by atoms with van der Waals surface area (Å²) in [6, 6.07) is 13.6. The van der Waals surface area contributed by atoms with Crippen LogP contribution in [0.15, 0.2) is 53.1 Å². The second-order valence-corrected chi connectivity index (χ2v) is 7.74. The fraction of sp³-hybridized carbons (Fsp3) is 0.304. The first-order valence-corrected chi connectivity index (χ1v) is 10.2. The van der Waals surface area contributed by atoms with Crippen molar-refractivity contribution in [1.29, 1.82) is 0 Å². The Morgan fingerprint density at radius 1 is 1.19 bits per heavy atom. The number of ether oxygens (including phenoxy) is 1.